The van der Waals surface area contributed by atoms with Crippen LogP contribution < -0.4 is 15.4 Å². The van der Waals surface area contributed by atoms with Crippen LogP contribution in [0.4, 0.5) is 17.1 Å². The first kappa shape index (κ1) is 22.3. The summed E-state index contributed by atoms with van der Waals surface area (Å²) in [6, 6.07) is 11.0. The average molecular weight is 415 g/mol. The van der Waals surface area contributed by atoms with Crippen molar-refractivity contribution in [2.45, 2.75) is 19.8 Å². The maximum absolute atomic E-state index is 12.0. The molecule has 2 aromatic carbocycles. The van der Waals surface area contributed by atoms with Crippen molar-refractivity contribution < 1.29 is 28.8 Å². The van der Waals surface area contributed by atoms with Crippen molar-refractivity contribution in [2.24, 2.45) is 0 Å². The van der Waals surface area contributed by atoms with E-state index in [0.717, 1.165) is 5.56 Å². The second-order valence-corrected chi connectivity index (χ2v) is 6.26. The molecule has 0 saturated carbocycles. The van der Waals surface area contributed by atoms with E-state index in [4.69, 9.17) is 9.47 Å². The highest BCUT2D eigenvalue weighted by atomic mass is 16.6. The molecule has 0 aliphatic heterocycles. The summed E-state index contributed by atoms with van der Waals surface area (Å²) in [5.74, 6) is -1.56. The molecule has 10 nitrogen and oxygen atoms in total. The lowest BCUT2D eigenvalue weighted by Gasteiger charge is -2.09. The highest BCUT2D eigenvalue weighted by Gasteiger charge is 2.18. The van der Waals surface area contributed by atoms with E-state index in [9.17, 15) is 24.5 Å². The Kier molecular flexibility index (Phi) is 7.86. The number of esters is 1. The number of nitro benzene ring substituents is 1. The van der Waals surface area contributed by atoms with E-state index in [0.29, 0.717) is 11.4 Å². The molecule has 0 atom stereocenters. The van der Waals surface area contributed by atoms with Gasteiger partial charge in [-0.3, -0.25) is 24.5 Å². The van der Waals surface area contributed by atoms with Crippen LogP contribution in [0.2, 0.25) is 0 Å². The third kappa shape index (κ3) is 6.89. The van der Waals surface area contributed by atoms with Gasteiger partial charge in [0.1, 0.15) is 11.4 Å². The molecule has 0 fully saturated rings. The van der Waals surface area contributed by atoms with E-state index in [1.54, 1.807) is 12.1 Å². The number of hydrogen-bond donors (Lipinski definition) is 2. The fourth-order valence-electron chi connectivity index (χ4n) is 2.38. The molecular weight excluding hydrogens is 394 g/mol. The summed E-state index contributed by atoms with van der Waals surface area (Å²) in [6.07, 6.45) is -0.333. The number of hydrogen-bond acceptors (Lipinski definition) is 7. The van der Waals surface area contributed by atoms with Crippen LogP contribution in [-0.2, 0) is 19.1 Å². The Morgan fingerprint density at radius 1 is 1.00 bits per heavy atom. The molecule has 2 aromatic rings. The maximum Gasteiger partial charge on any atom is 0.306 e. The zero-order valence-electron chi connectivity index (χ0n) is 16.5. The monoisotopic (exact) mass is 415 g/mol. The second-order valence-electron chi connectivity index (χ2n) is 6.26. The number of rotatable bonds is 9. The summed E-state index contributed by atoms with van der Waals surface area (Å²) < 4.78 is 9.79. The predicted molar refractivity (Wildman–Crippen MR) is 108 cm³/mol. The van der Waals surface area contributed by atoms with E-state index in [-0.39, 0.29) is 30.1 Å². The molecule has 0 unspecified atom stereocenters. The number of nitrogens with one attached hydrogen (secondary N) is 2. The van der Waals surface area contributed by atoms with Crippen LogP contribution in [0, 0.1) is 17.0 Å². The lowest BCUT2D eigenvalue weighted by molar-refractivity contribution is -0.383. The highest BCUT2D eigenvalue weighted by molar-refractivity contribution is 5.96. The van der Waals surface area contributed by atoms with Crippen LogP contribution in [0.15, 0.2) is 42.5 Å². The highest BCUT2D eigenvalue weighted by Crippen LogP contribution is 2.28. The molecule has 2 amide bonds. The predicted octanol–water partition coefficient (Wildman–Crippen LogP) is 2.81. The molecule has 0 bridgehead atoms. The lowest BCUT2D eigenvalue weighted by Crippen LogP contribution is -2.22. The van der Waals surface area contributed by atoms with Crippen molar-refractivity contribution >= 4 is 34.8 Å². The van der Waals surface area contributed by atoms with E-state index in [2.05, 4.69) is 10.6 Å². The standard InChI is InChI=1S/C20H21N3O7/c1-13-3-5-14(6-4-13)21-18(24)9-10-20(26)30-12-19(25)22-16-11-15(29-2)7-8-17(16)23(27)28/h3-8,11H,9-10,12H2,1-2H3,(H,21,24)(H,22,25). The van der Waals surface area contributed by atoms with Crippen LogP contribution in [0.5, 0.6) is 5.75 Å². The Hall–Kier alpha value is -3.95. The van der Waals surface area contributed by atoms with E-state index in [1.165, 1.54) is 25.3 Å². The number of methoxy groups -OCH3 is 1. The van der Waals surface area contributed by atoms with Gasteiger partial charge in [-0.15, -0.1) is 0 Å². The Morgan fingerprint density at radius 2 is 1.70 bits per heavy atom. The summed E-state index contributed by atoms with van der Waals surface area (Å²) in [4.78, 5) is 46.0. The minimum atomic E-state index is -0.760. The van der Waals surface area contributed by atoms with Crippen LogP contribution in [0.1, 0.15) is 18.4 Å². The first-order valence-electron chi connectivity index (χ1n) is 8.93. The van der Waals surface area contributed by atoms with Crippen molar-refractivity contribution in [3.63, 3.8) is 0 Å². The fraction of sp³-hybridized carbons (Fsp3) is 0.250. The summed E-state index contributed by atoms with van der Waals surface area (Å²) >= 11 is 0. The van der Waals surface area contributed by atoms with Gasteiger partial charge in [0.2, 0.25) is 5.91 Å². The van der Waals surface area contributed by atoms with E-state index >= 15 is 0 Å². The van der Waals surface area contributed by atoms with Gasteiger partial charge in [-0.1, -0.05) is 17.7 Å². The van der Waals surface area contributed by atoms with Crippen LogP contribution >= 0.6 is 0 Å². The number of carbonyl (C=O) groups excluding carboxylic acids is 3. The van der Waals surface area contributed by atoms with Gasteiger partial charge in [-0.05, 0) is 25.1 Å². The van der Waals surface area contributed by atoms with Crippen molar-refractivity contribution in [3.8, 4) is 5.75 Å². The summed E-state index contributed by atoms with van der Waals surface area (Å²) in [5, 5.41) is 16.0. The first-order valence-corrected chi connectivity index (χ1v) is 8.93. The minimum absolute atomic E-state index is 0.0853. The molecule has 0 aliphatic rings. The third-order valence-corrected chi connectivity index (χ3v) is 3.93. The molecule has 30 heavy (non-hydrogen) atoms. The van der Waals surface area contributed by atoms with Crippen LogP contribution in [0.3, 0.4) is 0 Å². The molecule has 0 radical (unpaired) electrons. The molecule has 0 aromatic heterocycles. The number of anilines is 2. The molecule has 0 spiro atoms. The van der Waals surface area contributed by atoms with Gasteiger partial charge in [0.15, 0.2) is 6.61 Å². The number of nitro groups is 1. The second kappa shape index (κ2) is 10.6. The van der Waals surface area contributed by atoms with Gasteiger partial charge in [0.05, 0.1) is 18.5 Å². The van der Waals surface area contributed by atoms with E-state index < -0.39 is 23.4 Å². The molecule has 0 aliphatic carbocycles. The number of ether oxygens (including phenoxy) is 2. The van der Waals surface area contributed by atoms with Crippen molar-refractivity contribution in [1.29, 1.82) is 0 Å². The van der Waals surface area contributed by atoms with Gasteiger partial charge in [-0.2, -0.15) is 0 Å². The molecule has 2 rings (SSSR count). The normalized spacial score (nSPS) is 10.1. The van der Waals surface area contributed by atoms with Crippen LogP contribution in [0.25, 0.3) is 0 Å². The Labute approximate surface area is 172 Å². The summed E-state index contributed by atoms with van der Waals surface area (Å²) in [6.45, 7) is 1.27. The van der Waals surface area contributed by atoms with Crippen LogP contribution in [-0.4, -0.2) is 36.4 Å². The fourth-order valence-corrected chi connectivity index (χ4v) is 2.38. The van der Waals surface area contributed by atoms with Gasteiger partial charge in [0, 0.05) is 24.2 Å². The first-order chi connectivity index (χ1) is 14.3. The summed E-state index contributed by atoms with van der Waals surface area (Å²) in [5.41, 5.74) is 1.24. The number of benzene rings is 2. The molecular formula is C20H21N3O7. The van der Waals surface area contributed by atoms with Crippen molar-refractivity contribution in [3.05, 3.63) is 58.1 Å². The molecule has 158 valence electrons. The quantitative estimate of drug-likeness (QED) is 0.365. The Morgan fingerprint density at radius 3 is 2.33 bits per heavy atom. The smallest absolute Gasteiger partial charge is 0.306 e. The van der Waals surface area contributed by atoms with Gasteiger partial charge in [-0.25, -0.2) is 0 Å². The Bertz CT molecular complexity index is 942. The zero-order chi connectivity index (χ0) is 22.1. The maximum atomic E-state index is 12.0. The van der Waals surface area contributed by atoms with E-state index in [1.807, 2.05) is 19.1 Å². The SMILES string of the molecule is COc1ccc([N+](=O)[O-])c(NC(=O)COC(=O)CCC(=O)Nc2ccc(C)cc2)c1. The zero-order valence-corrected chi connectivity index (χ0v) is 16.5. The largest absolute Gasteiger partial charge is 0.497 e. The molecule has 2 N–H and O–H groups in total. The third-order valence-electron chi connectivity index (χ3n) is 3.93. The number of nitrogens with zero attached hydrogens (tertiary/aromatic N) is 1. The topological polar surface area (TPSA) is 137 Å². The average Bonchev–Trinajstić information content (AvgIpc) is 2.72. The Balaban J connectivity index is 1.79. The number of carbonyl (C=O) groups is 3. The number of aryl methyl sites for hydroxylation is 1. The molecule has 0 heterocycles. The van der Waals surface area contributed by atoms with Crippen molar-refractivity contribution in [1.82, 2.24) is 0 Å². The van der Waals surface area contributed by atoms with Gasteiger partial charge < -0.3 is 20.1 Å². The van der Waals surface area contributed by atoms with Gasteiger partial charge in [0.25, 0.3) is 11.6 Å². The molecule has 10 heteroatoms. The van der Waals surface area contributed by atoms with Gasteiger partial charge >= 0.3 is 5.97 Å². The molecule has 0 saturated heterocycles. The minimum Gasteiger partial charge on any atom is -0.497 e. The number of amides is 2. The van der Waals surface area contributed by atoms with Crippen molar-refractivity contribution in [2.75, 3.05) is 24.4 Å². The lowest BCUT2D eigenvalue weighted by atomic mass is 10.2. The summed E-state index contributed by atoms with van der Waals surface area (Å²) in [7, 11) is 1.38.